The van der Waals surface area contributed by atoms with E-state index < -0.39 is 4.92 Å². The molecule has 116 valence electrons. The summed E-state index contributed by atoms with van der Waals surface area (Å²) in [5, 5.41) is 14.3. The van der Waals surface area contributed by atoms with Crippen LogP contribution < -0.4 is 10.1 Å². The fourth-order valence-corrected chi connectivity index (χ4v) is 2.49. The first-order chi connectivity index (χ1) is 10.1. The zero-order valence-electron chi connectivity index (χ0n) is 12.6. The molecule has 1 aliphatic rings. The van der Waals surface area contributed by atoms with Gasteiger partial charge in [0.1, 0.15) is 11.8 Å². The molecule has 7 nitrogen and oxygen atoms in total. The molecule has 0 radical (unpaired) electrons. The van der Waals surface area contributed by atoms with Crippen molar-refractivity contribution in [1.82, 2.24) is 9.97 Å². The van der Waals surface area contributed by atoms with Gasteiger partial charge in [-0.15, -0.1) is 0 Å². The lowest BCUT2D eigenvalue weighted by atomic mass is 9.98. The van der Waals surface area contributed by atoms with Crippen molar-refractivity contribution in [3.63, 3.8) is 0 Å². The normalized spacial score (nSPS) is 15.7. The van der Waals surface area contributed by atoms with Gasteiger partial charge in [-0.25, -0.2) is 4.98 Å². The van der Waals surface area contributed by atoms with Gasteiger partial charge in [-0.2, -0.15) is 4.98 Å². The number of rotatable bonds is 6. The molecule has 1 aliphatic carbocycles. The summed E-state index contributed by atoms with van der Waals surface area (Å²) in [4.78, 5) is 19.1. The molecule has 2 rings (SSSR count). The van der Waals surface area contributed by atoms with Crippen LogP contribution in [0.2, 0.25) is 0 Å². The van der Waals surface area contributed by atoms with Crippen LogP contribution in [0.1, 0.15) is 51.1 Å². The summed E-state index contributed by atoms with van der Waals surface area (Å²) in [7, 11) is 0. The van der Waals surface area contributed by atoms with Gasteiger partial charge in [0, 0.05) is 6.54 Å². The SMILES string of the molecule is CCCNc1nc(C)c([N+](=O)[O-])c(OC2CCCCC2)n1. The number of nitro groups is 1. The third-order valence-corrected chi connectivity index (χ3v) is 3.57. The van der Waals surface area contributed by atoms with E-state index in [-0.39, 0.29) is 17.7 Å². The predicted octanol–water partition coefficient (Wildman–Crippen LogP) is 3.23. The maximum Gasteiger partial charge on any atom is 0.352 e. The molecule has 0 bridgehead atoms. The van der Waals surface area contributed by atoms with Crippen molar-refractivity contribution < 1.29 is 9.66 Å². The van der Waals surface area contributed by atoms with Crippen molar-refractivity contribution in [3.8, 4) is 5.88 Å². The van der Waals surface area contributed by atoms with Crippen LogP contribution >= 0.6 is 0 Å². The van der Waals surface area contributed by atoms with Gasteiger partial charge in [0.2, 0.25) is 5.95 Å². The van der Waals surface area contributed by atoms with Crippen LogP contribution in [-0.4, -0.2) is 27.5 Å². The van der Waals surface area contributed by atoms with Crippen molar-refractivity contribution in [3.05, 3.63) is 15.8 Å². The second kappa shape index (κ2) is 7.19. The molecule has 0 saturated heterocycles. The topological polar surface area (TPSA) is 90.2 Å². The Hall–Kier alpha value is -1.92. The monoisotopic (exact) mass is 294 g/mol. The highest BCUT2D eigenvalue weighted by Crippen LogP contribution is 2.32. The van der Waals surface area contributed by atoms with Crippen LogP contribution in [-0.2, 0) is 0 Å². The highest BCUT2D eigenvalue weighted by Gasteiger charge is 2.26. The van der Waals surface area contributed by atoms with E-state index in [1.807, 2.05) is 6.92 Å². The molecule has 1 N–H and O–H groups in total. The van der Waals surface area contributed by atoms with Crippen LogP contribution in [0.25, 0.3) is 0 Å². The van der Waals surface area contributed by atoms with Crippen molar-refractivity contribution >= 4 is 11.6 Å². The number of anilines is 1. The molecule has 1 aromatic rings. The fourth-order valence-electron chi connectivity index (χ4n) is 2.49. The van der Waals surface area contributed by atoms with E-state index in [9.17, 15) is 10.1 Å². The molecule has 1 heterocycles. The molecule has 1 fully saturated rings. The van der Waals surface area contributed by atoms with Crippen LogP contribution in [0.5, 0.6) is 5.88 Å². The minimum Gasteiger partial charge on any atom is -0.469 e. The second-order valence-corrected chi connectivity index (χ2v) is 5.35. The van der Waals surface area contributed by atoms with E-state index in [2.05, 4.69) is 15.3 Å². The van der Waals surface area contributed by atoms with Crippen molar-refractivity contribution in [2.24, 2.45) is 0 Å². The van der Waals surface area contributed by atoms with Crippen molar-refractivity contribution in [2.45, 2.75) is 58.5 Å². The molecule has 0 unspecified atom stereocenters. The molecular formula is C14H22N4O3. The number of aromatic nitrogens is 2. The van der Waals surface area contributed by atoms with Gasteiger partial charge in [0.15, 0.2) is 0 Å². The molecule has 1 aromatic heterocycles. The Kier molecular flexibility index (Phi) is 5.30. The highest BCUT2D eigenvalue weighted by molar-refractivity contribution is 5.48. The van der Waals surface area contributed by atoms with Crippen LogP contribution in [0.4, 0.5) is 11.6 Å². The lowest BCUT2D eigenvalue weighted by Gasteiger charge is -2.22. The van der Waals surface area contributed by atoms with E-state index in [0.717, 1.165) is 38.6 Å². The summed E-state index contributed by atoms with van der Waals surface area (Å²) in [5.41, 5.74) is 0.210. The fraction of sp³-hybridized carbons (Fsp3) is 0.714. The largest absolute Gasteiger partial charge is 0.469 e. The summed E-state index contributed by atoms with van der Waals surface area (Å²) in [6.07, 6.45) is 6.21. The first-order valence-electron chi connectivity index (χ1n) is 7.55. The Morgan fingerprint density at radius 3 is 2.67 bits per heavy atom. The summed E-state index contributed by atoms with van der Waals surface area (Å²) >= 11 is 0. The van der Waals surface area contributed by atoms with E-state index >= 15 is 0 Å². The molecular weight excluding hydrogens is 272 g/mol. The Morgan fingerprint density at radius 2 is 2.05 bits per heavy atom. The Labute approximate surface area is 124 Å². The second-order valence-electron chi connectivity index (χ2n) is 5.35. The zero-order chi connectivity index (χ0) is 15.2. The number of nitrogens with one attached hydrogen (secondary N) is 1. The van der Waals surface area contributed by atoms with Crippen molar-refractivity contribution in [1.29, 1.82) is 0 Å². The van der Waals surface area contributed by atoms with Crippen molar-refractivity contribution in [2.75, 3.05) is 11.9 Å². The molecule has 0 atom stereocenters. The first-order valence-corrected chi connectivity index (χ1v) is 7.55. The molecule has 0 spiro atoms. The van der Waals surface area contributed by atoms with Gasteiger partial charge < -0.3 is 10.1 Å². The maximum atomic E-state index is 11.2. The van der Waals surface area contributed by atoms with Gasteiger partial charge in [0.25, 0.3) is 5.88 Å². The number of nitrogens with zero attached hydrogens (tertiary/aromatic N) is 3. The predicted molar refractivity (Wildman–Crippen MR) is 79.7 cm³/mol. The zero-order valence-corrected chi connectivity index (χ0v) is 12.6. The lowest BCUT2D eigenvalue weighted by Crippen LogP contribution is -2.21. The summed E-state index contributed by atoms with van der Waals surface area (Å²) in [5.74, 6) is 0.490. The molecule has 0 aliphatic heterocycles. The lowest BCUT2D eigenvalue weighted by molar-refractivity contribution is -0.387. The first kappa shape index (κ1) is 15.5. The van der Waals surface area contributed by atoms with Gasteiger partial charge in [-0.1, -0.05) is 13.3 Å². The smallest absolute Gasteiger partial charge is 0.352 e. The third-order valence-electron chi connectivity index (χ3n) is 3.57. The van der Waals surface area contributed by atoms with E-state index in [0.29, 0.717) is 11.6 Å². The summed E-state index contributed by atoms with van der Waals surface area (Å²) < 4.78 is 5.82. The van der Waals surface area contributed by atoms with Gasteiger partial charge in [-0.05, 0) is 39.0 Å². The van der Waals surface area contributed by atoms with Crippen LogP contribution in [0, 0.1) is 17.0 Å². The summed E-state index contributed by atoms with van der Waals surface area (Å²) in [6.45, 7) is 4.37. The number of hydrogen-bond donors (Lipinski definition) is 1. The highest BCUT2D eigenvalue weighted by atomic mass is 16.6. The standard InChI is InChI=1S/C14H22N4O3/c1-3-9-15-14-16-10(2)12(18(19)20)13(17-14)21-11-7-5-4-6-8-11/h11H,3-9H2,1-2H3,(H,15,16,17). The molecule has 0 aromatic carbocycles. The van der Waals surface area contributed by atoms with Gasteiger partial charge in [0.05, 0.1) is 4.92 Å². The Bertz CT molecular complexity index is 501. The number of ether oxygens (including phenoxy) is 1. The minimum atomic E-state index is -0.461. The van der Waals surface area contributed by atoms with E-state index in [1.165, 1.54) is 6.42 Å². The average molecular weight is 294 g/mol. The van der Waals surface area contributed by atoms with Gasteiger partial charge >= 0.3 is 5.69 Å². The van der Waals surface area contributed by atoms with Crippen LogP contribution in [0.3, 0.4) is 0 Å². The van der Waals surface area contributed by atoms with Crippen LogP contribution in [0.15, 0.2) is 0 Å². The van der Waals surface area contributed by atoms with Gasteiger partial charge in [-0.3, -0.25) is 10.1 Å². The third kappa shape index (κ3) is 4.03. The number of hydrogen-bond acceptors (Lipinski definition) is 6. The molecule has 1 saturated carbocycles. The average Bonchev–Trinajstić information content (AvgIpc) is 2.45. The van der Waals surface area contributed by atoms with E-state index in [1.54, 1.807) is 6.92 Å². The molecule has 7 heteroatoms. The summed E-state index contributed by atoms with van der Waals surface area (Å²) in [6, 6.07) is 0. The minimum absolute atomic E-state index is 0.0192. The Morgan fingerprint density at radius 1 is 1.33 bits per heavy atom. The number of aryl methyl sites for hydroxylation is 1. The van der Waals surface area contributed by atoms with E-state index in [4.69, 9.17) is 4.74 Å². The quantitative estimate of drug-likeness (QED) is 0.640. The maximum absolute atomic E-state index is 11.2. The molecule has 21 heavy (non-hydrogen) atoms. The molecule has 0 amide bonds. The Balaban J connectivity index is 2.25.